The molecule has 1 heterocycles. The molecule has 8 nitrogen and oxygen atoms in total. The van der Waals surface area contributed by atoms with E-state index in [4.69, 9.17) is 16.4 Å². The Morgan fingerprint density at radius 3 is 2.84 bits per heavy atom. The minimum Gasteiger partial charge on any atom is -0.398 e. The van der Waals surface area contributed by atoms with Gasteiger partial charge in [-0.25, -0.2) is 0 Å². The van der Waals surface area contributed by atoms with E-state index in [-0.39, 0.29) is 17.7 Å². The number of nitrogens with two attached hydrogens (primary N) is 1. The van der Waals surface area contributed by atoms with E-state index in [1.807, 2.05) is 18.2 Å². The number of anilines is 2. The standard InChI is InChI=1S/C23H22N6O2/c24-10-15-2-1-3-16(8-15)12-29-13-18(11-27-29)28-22(31)21(26)19-9-17(4-5-20(19)25)23(14-30)6-7-23/h1-5,8-9,11,13,26,30H,6-7,12,14,25H2,(H,28,31). The molecule has 1 aromatic heterocycles. The van der Waals surface area contributed by atoms with Crippen molar-refractivity contribution in [3.8, 4) is 6.07 Å². The molecule has 0 saturated heterocycles. The predicted octanol–water partition coefficient (Wildman–Crippen LogP) is 2.42. The Balaban J connectivity index is 1.46. The molecular weight excluding hydrogens is 392 g/mol. The van der Waals surface area contributed by atoms with Gasteiger partial charge in [-0.3, -0.25) is 14.9 Å². The molecule has 31 heavy (non-hydrogen) atoms. The highest BCUT2D eigenvalue weighted by Crippen LogP contribution is 2.48. The maximum absolute atomic E-state index is 12.6. The van der Waals surface area contributed by atoms with Gasteiger partial charge in [0.15, 0.2) is 0 Å². The van der Waals surface area contributed by atoms with E-state index >= 15 is 0 Å². The van der Waals surface area contributed by atoms with Gasteiger partial charge in [0, 0.05) is 22.9 Å². The first-order valence-electron chi connectivity index (χ1n) is 9.87. The topological polar surface area (TPSA) is 141 Å². The van der Waals surface area contributed by atoms with E-state index in [1.165, 1.54) is 6.20 Å². The number of hydrogen-bond acceptors (Lipinski definition) is 6. The molecule has 1 aliphatic rings. The number of rotatable bonds is 7. The molecule has 1 amide bonds. The quantitative estimate of drug-likeness (QED) is 0.347. The van der Waals surface area contributed by atoms with E-state index in [0.29, 0.717) is 29.0 Å². The second-order valence-electron chi connectivity index (χ2n) is 7.81. The Morgan fingerprint density at radius 2 is 2.13 bits per heavy atom. The van der Waals surface area contributed by atoms with Crippen LogP contribution in [0.3, 0.4) is 0 Å². The molecule has 2 aromatic carbocycles. The van der Waals surface area contributed by atoms with E-state index in [0.717, 1.165) is 24.0 Å². The lowest BCUT2D eigenvalue weighted by Gasteiger charge is -2.15. The number of carbonyl (C=O) groups is 1. The second-order valence-corrected chi connectivity index (χ2v) is 7.81. The number of nitrogens with zero attached hydrogens (tertiary/aromatic N) is 3. The Hall–Kier alpha value is -3.96. The van der Waals surface area contributed by atoms with Crippen molar-refractivity contribution in [3.63, 3.8) is 0 Å². The first-order valence-corrected chi connectivity index (χ1v) is 9.87. The third-order valence-electron chi connectivity index (χ3n) is 5.61. The molecule has 3 aromatic rings. The van der Waals surface area contributed by atoms with Crippen LogP contribution in [0.1, 0.15) is 35.1 Å². The normalized spacial score (nSPS) is 13.9. The van der Waals surface area contributed by atoms with Gasteiger partial charge in [-0.05, 0) is 48.2 Å². The van der Waals surface area contributed by atoms with Crippen LogP contribution in [0.25, 0.3) is 0 Å². The summed E-state index contributed by atoms with van der Waals surface area (Å²) in [5.41, 5.74) is 9.01. The van der Waals surface area contributed by atoms with Gasteiger partial charge in [-0.2, -0.15) is 10.4 Å². The number of nitriles is 1. The lowest BCUT2D eigenvalue weighted by molar-refractivity contribution is -0.110. The SMILES string of the molecule is N#Cc1cccc(Cn2cc(NC(=O)C(=N)c3cc(C4(CO)CC4)ccc3N)cn2)c1. The molecule has 0 spiro atoms. The molecule has 8 heteroatoms. The maximum atomic E-state index is 12.6. The fourth-order valence-corrected chi connectivity index (χ4v) is 3.55. The highest BCUT2D eigenvalue weighted by Gasteiger charge is 2.44. The van der Waals surface area contributed by atoms with Gasteiger partial charge >= 0.3 is 0 Å². The summed E-state index contributed by atoms with van der Waals surface area (Å²) < 4.78 is 1.64. The van der Waals surface area contributed by atoms with Gasteiger partial charge in [-0.1, -0.05) is 18.2 Å². The van der Waals surface area contributed by atoms with Crippen LogP contribution in [0.4, 0.5) is 11.4 Å². The Morgan fingerprint density at radius 1 is 1.32 bits per heavy atom. The van der Waals surface area contributed by atoms with Gasteiger partial charge in [0.25, 0.3) is 5.91 Å². The van der Waals surface area contributed by atoms with Crippen LogP contribution in [0.15, 0.2) is 54.9 Å². The average Bonchev–Trinajstić information content (AvgIpc) is 3.47. The van der Waals surface area contributed by atoms with E-state index < -0.39 is 5.91 Å². The Bertz CT molecular complexity index is 1200. The first-order chi connectivity index (χ1) is 14.9. The summed E-state index contributed by atoms with van der Waals surface area (Å²) in [5, 5.41) is 33.9. The minimum atomic E-state index is -0.594. The van der Waals surface area contributed by atoms with E-state index in [2.05, 4.69) is 16.5 Å². The number of carbonyl (C=O) groups excluding carboxylic acids is 1. The van der Waals surface area contributed by atoms with Crippen molar-refractivity contribution in [3.05, 3.63) is 77.1 Å². The molecular formula is C23H22N6O2. The van der Waals surface area contributed by atoms with Crippen molar-refractivity contribution in [2.24, 2.45) is 0 Å². The van der Waals surface area contributed by atoms with E-state index in [9.17, 15) is 9.90 Å². The number of hydrogen-bond donors (Lipinski definition) is 4. The monoisotopic (exact) mass is 414 g/mol. The maximum Gasteiger partial charge on any atom is 0.274 e. The van der Waals surface area contributed by atoms with Crippen LogP contribution in [-0.2, 0) is 16.8 Å². The minimum absolute atomic E-state index is 0.0341. The molecule has 1 fully saturated rings. The van der Waals surface area contributed by atoms with Gasteiger partial charge in [0.1, 0.15) is 5.71 Å². The number of aromatic nitrogens is 2. The number of nitrogens with one attached hydrogen (secondary N) is 2. The fraction of sp³-hybridized carbons (Fsp3) is 0.217. The highest BCUT2D eigenvalue weighted by atomic mass is 16.3. The van der Waals surface area contributed by atoms with Crippen LogP contribution in [0, 0.1) is 16.7 Å². The van der Waals surface area contributed by atoms with Gasteiger partial charge < -0.3 is 16.2 Å². The van der Waals surface area contributed by atoms with E-state index in [1.54, 1.807) is 35.1 Å². The molecule has 0 bridgehead atoms. The number of nitrogen functional groups attached to an aromatic ring is 1. The summed E-state index contributed by atoms with van der Waals surface area (Å²) in [4.78, 5) is 12.6. The summed E-state index contributed by atoms with van der Waals surface area (Å²) in [5.74, 6) is -0.594. The van der Waals surface area contributed by atoms with Crippen LogP contribution in [0.2, 0.25) is 0 Å². The van der Waals surface area contributed by atoms with Crippen molar-refractivity contribution in [1.29, 1.82) is 10.7 Å². The van der Waals surface area contributed by atoms with Crippen LogP contribution < -0.4 is 11.1 Å². The van der Waals surface area contributed by atoms with Crippen LogP contribution >= 0.6 is 0 Å². The second kappa shape index (κ2) is 8.05. The molecule has 1 saturated carbocycles. The number of benzene rings is 2. The average molecular weight is 414 g/mol. The summed E-state index contributed by atoms with van der Waals surface area (Å²) in [6.45, 7) is 0.480. The van der Waals surface area contributed by atoms with Crippen molar-refractivity contribution in [2.75, 3.05) is 17.7 Å². The molecule has 4 rings (SSSR count). The third kappa shape index (κ3) is 4.17. The summed E-state index contributed by atoms with van der Waals surface area (Å²) >= 11 is 0. The molecule has 0 atom stereocenters. The smallest absolute Gasteiger partial charge is 0.274 e. The number of aliphatic hydroxyl groups excluding tert-OH is 1. The van der Waals surface area contributed by atoms with Gasteiger partial charge in [-0.15, -0.1) is 0 Å². The van der Waals surface area contributed by atoms with Gasteiger partial charge in [0.2, 0.25) is 0 Å². The zero-order valence-electron chi connectivity index (χ0n) is 16.8. The summed E-state index contributed by atoms with van der Waals surface area (Å²) in [7, 11) is 0. The molecule has 0 aliphatic heterocycles. The molecule has 5 N–H and O–H groups in total. The van der Waals surface area contributed by atoms with Crippen LogP contribution in [-0.4, -0.2) is 33.1 Å². The van der Waals surface area contributed by atoms with Gasteiger partial charge in [0.05, 0.1) is 36.7 Å². The molecule has 0 unspecified atom stereocenters. The molecule has 0 radical (unpaired) electrons. The van der Waals surface area contributed by atoms with Crippen molar-refractivity contribution in [1.82, 2.24) is 9.78 Å². The Labute approximate surface area is 179 Å². The number of amides is 1. The van der Waals surface area contributed by atoms with Crippen molar-refractivity contribution < 1.29 is 9.90 Å². The fourth-order valence-electron chi connectivity index (χ4n) is 3.55. The lowest BCUT2D eigenvalue weighted by atomic mass is 9.93. The zero-order valence-corrected chi connectivity index (χ0v) is 16.8. The first kappa shape index (κ1) is 20.3. The summed E-state index contributed by atoms with van der Waals surface area (Å²) in [6, 6.07) is 14.6. The predicted molar refractivity (Wildman–Crippen MR) is 117 cm³/mol. The van der Waals surface area contributed by atoms with Crippen molar-refractivity contribution in [2.45, 2.75) is 24.8 Å². The lowest BCUT2D eigenvalue weighted by Crippen LogP contribution is -2.24. The summed E-state index contributed by atoms with van der Waals surface area (Å²) in [6.07, 6.45) is 4.92. The van der Waals surface area contributed by atoms with Crippen molar-refractivity contribution >= 4 is 23.0 Å². The third-order valence-corrected chi connectivity index (χ3v) is 5.61. The molecule has 1 aliphatic carbocycles. The highest BCUT2D eigenvalue weighted by molar-refractivity contribution is 6.48. The Kier molecular flexibility index (Phi) is 5.28. The van der Waals surface area contributed by atoms with Crippen LogP contribution in [0.5, 0.6) is 0 Å². The molecule has 156 valence electrons. The largest absolute Gasteiger partial charge is 0.398 e. The zero-order chi connectivity index (χ0) is 22.0. The number of aliphatic hydroxyl groups is 1.